The maximum absolute atomic E-state index is 11.0. The number of amides is 1. The molecule has 0 saturated heterocycles. The number of hydrogen-bond acceptors (Lipinski definition) is 5. The van der Waals surface area contributed by atoms with Crippen LogP contribution in [-0.4, -0.2) is 36.0 Å². The molecule has 3 aromatic rings. The van der Waals surface area contributed by atoms with Crippen molar-refractivity contribution in [1.82, 2.24) is 9.78 Å². The van der Waals surface area contributed by atoms with E-state index in [0.717, 1.165) is 5.56 Å². The van der Waals surface area contributed by atoms with E-state index in [1.807, 2.05) is 0 Å². The van der Waals surface area contributed by atoms with E-state index in [2.05, 4.69) is 10.4 Å². The van der Waals surface area contributed by atoms with Crippen LogP contribution in [0.1, 0.15) is 15.9 Å². The second kappa shape index (κ2) is 7.94. The van der Waals surface area contributed by atoms with E-state index in [0.29, 0.717) is 29.2 Å². The maximum atomic E-state index is 11.0. The third-order valence-electron chi connectivity index (χ3n) is 3.81. The number of nitrogens with zero attached hydrogens (tertiary/aromatic N) is 2. The average molecular weight is 384 g/mol. The lowest BCUT2D eigenvalue weighted by molar-refractivity contribution is -0.105. The largest absolute Gasteiger partial charge is 0.772 e. The lowest BCUT2D eigenvalue weighted by atomic mass is 10.1. The summed E-state index contributed by atoms with van der Waals surface area (Å²) in [6, 6.07) is 14.7. The Labute approximate surface area is 156 Å². The molecule has 8 nitrogen and oxygen atoms in total. The second-order valence-corrected chi connectivity index (χ2v) is 6.48. The summed E-state index contributed by atoms with van der Waals surface area (Å²) in [6.45, 7) is 0. The molecule has 0 fully saturated rings. The van der Waals surface area contributed by atoms with E-state index < -0.39 is 17.0 Å². The SMILES string of the molecule is O=CNc1cc(-c2ccc(CS(=O)[O-])cc2)n(-c2ccc(C(=O)O)cc2)n1. The minimum absolute atomic E-state index is 0.0753. The van der Waals surface area contributed by atoms with Crippen molar-refractivity contribution in [2.45, 2.75) is 5.75 Å². The zero-order valence-electron chi connectivity index (χ0n) is 13.9. The topological polar surface area (TPSA) is 124 Å². The quantitative estimate of drug-likeness (QED) is 0.475. The van der Waals surface area contributed by atoms with Crippen LogP contribution in [0.3, 0.4) is 0 Å². The summed E-state index contributed by atoms with van der Waals surface area (Å²) in [5.41, 5.74) is 2.81. The van der Waals surface area contributed by atoms with Crippen LogP contribution in [-0.2, 0) is 21.6 Å². The van der Waals surface area contributed by atoms with Crippen LogP contribution in [0.2, 0.25) is 0 Å². The monoisotopic (exact) mass is 384 g/mol. The van der Waals surface area contributed by atoms with Crippen LogP contribution in [0.15, 0.2) is 54.6 Å². The van der Waals surface area contributed by atoms with Gasteiger partial charge in [-0.1, -0.05) is 35.3 Å². The van der Waals surface area contributed by atoms with Crippen LogP contribution >= 0.6 is 0 Å². The highest BCUT2D eigenvalue weighted by Crippen LogP contribution is 2.26. The lowest BCUT2D eigenvalue weighted by Crippen LogP contribution is -2.02. The van der Waals surface area contributed by atoms with Gasteiger partial charge in [-0.15, -0.1) is 5.10 Å². The number of nitrogens with one attached hydrogen (secondary N) is 1. The van der Waals surface area contributed by atoms with Crippen LogP contribution in [0.4, 0.5) is 5.82 Å². The van der Waals surface area contributed by atoms with E-state index in [4.69, 9.17) is 5.11 Å². The van der Waals surface area contributed by atoms with Crippen molar-refractivity contribution in [2.24, 2.45) is 0 Å². The molecule has 0 aliphatic heterocycles. The van der Waals surface area contributed by atoms with Gasteiger partial charge in [0, 0.05) is 17.4 Å². The molecule has 1 atom stereocenters. The van der Waals surface area contributed by atoms with E-state index in [-0.39, 0.29) is 11.3 Å². The minimum atomic E-state index is -2.17. The van der Waals surface area contributed by atoms with E-state index in [1.165, 1.54) is 12.1 Å². The Hall–Kier alpha value is -3.30. The number of aromatic nitrogens is 2. The minimum Gasteiger partial charge on any atom is -0.772 e. The van der Waals surface area contributed by atoms with Gasteiger partial charge in [0.15, 0.2) is 5.82 Å². The fraction of sp³-hybridized carbons (Fsp3) is 0.0556. The molecule has 1 aromatic heterocycles. The Morgan fingerprint density at radius 3 is 2.41 bits per heavy atom. The molecule has 0 bridgehead atoms. The zero-order valence-corrected chi connectivity index (χ0v) is 14.7. The smallest absolute Gasteiger partial charge is 0.335 e. The highest BCUT2D eigenvalue weighted by Gasteiger charge is 2.13. The number of benzene rings is 2. The van der Waals surface area contributed by atoms with Crippen LogP contribution in [0.5, 0.6) is 0 Å². The third kappa shape index (κ3) is 4.27. The Balaban J connectivity index is 2.02. The molecule has 0 spiro atoms. The number of carboxylic acid groups (broad SMARTS) is 1. The van der Waals surface area contributed by atoms with E-state index in [9.17, 15) is 18.4 Å². The summed E-state index contributed by atoms with van der Waals surface area (Å²) < 4.78 is 23.2. The summed E-state index contributed by atoms with van der Waals surface area (Å²) in [5, 5.41) is 15.8. The van der Waals surface area contributed by atoms with Gasteiger partial charge < -0.3 is 15.0 Å². The molecule has 2 aromatic carbocycles. The fourth-order valence-electron chi connectivity index (χ4n) is 2.57. The van der Waals surface area contributed by atoms with Gasteiger partial charge in [0.1, 0.15) is 0 Å². The second-order valence-electron chi connectivity index (χ2n) is 5.59. The number of aromatic carboxylic acids is 1. The molecule has 0 radical (unpaired) electrons. The molecule has 0 saturated carbocycles. The van der Waals surface area contributed by atoms with Crippen molar-refractivity contribution in [1.29, 1.82) is 0 Å². The molecular weight excluding hydrogens is 370 g/mol. The van der Waals surface area contributed by atoms with Crippen molar-refractivity contribution >= 4 is 29.3 Å². The molecule has 1 amide bonds. The maximum Gasteiger partial charge on any atom is 0.335 e. The van der Waals surface area contributed by atoms with Crippen molar-refractivity contribution in [2.75, 3.05) is 5.32 Å². The molecule has 1 unspecified atom stereocenters. The number of rotatable bonds is 7. The highest BCUT2D eigenvalue weighted by atomic mass is 32.2. The summed E-state index contributed by atoms with van der Waals surface area (Å²) in [7, 11) is 0. The summed E-state index contributed by atoms with van der Waals surface area (Å²) in [4.78, 5) is 21.8. The summed E-state index contributed by atoms with van der Waals surface area (Å²) in [5.74, 6) is -0.780. The number of anilines is 1. The van der Waals surface area contributed by atoms with Crippen molar-refractivity contribution in [3.8, 4) is 16.9 Å². The zero-order chi connectivity index (χ0) is 19.4. The molecular formula is C18H14N3O5S-. The molecule has 9 heteroatoms. The number of carboxylic acids is 1. The van der Waals surface area contributed by atoms with Gasteiger partial charge in [-0.25, -0.2) is 9.48 Å². The van der Waals surface area contributed by atoms with Crippen molar-refractivity contribution in [3.05, 3.63) is 65.7 Å². The third-order valence-corrected chi connectivity index (χ3v) is 4.38. The average Bonchev–Trinajstić information content (AvgIpc) is 3.06. The van der Waals surface area contributed by atoms with Gasteiger partial charge in [0.05, 0.1) is 16.9 Å². The number of carbonyl (C=O) groups excluding carboxylic acids is 1. The Kier molecular flexibility index (Phi) is 5.43. The standard InChI is InChI=1S/C18H15N3O5S/c22-11-19-17-9-16(13-3-1-12(2-4-13)10-27(25)26)21(20-17)15-7-5-14(6-8-15)18(23)24/h1-9,11H,10H2,(H,23,24)(H,25,26)(H,19,20,22)/p-1. The Morgan fingerprint density at radius 2 is 1.85 bits per heavy atom. The Bertz CT molecular complexity index is 997. The normalized spacial score (nSPS) is 11.7. The van der Waals surface area contributed by atoms with E-state index >= 15 is 0 Å². The van der Waals surface area contributed by atoms with Crippen molar-refractivity contribution < 1.29 is 23.5 Å². The summed E-state index contributed by atoms with van der Waals surface area (Å²) >= 11 is -2.17. The molecule has 138 valence electrons. The van der Waals surface area contributed by atoms with Crippen LogP contribution < -0.4 is 5.32 Å². The number of carbonyl (C=O) groups is 2. The van der Waals surface area contributed by atoms with Gasteiger partial charge in [-0.05, 0) is 29.8 Å². The molecule has 27 heavy (non-hydrogen) atoms. The molecule has 3 rings (SSSR count). The van der Waals surface area contributed by atoms with Gasteiger partial charge in [0.2, 0.25) is 6.41 Å². The first-order valence-corrected chi connectivity index (χ1v) is 9.01. The van der Waals surface area contributed by atoms with Gasteiger partial charge in [-0.3, -0.25) is 9.00 Å². The Morgan fingerprint density at radius 1 is 1.19 bits per heavy atom. The first-order chi connectivity index (χ1) is 13.0. The van der Waals surface area contributed by atoms with Crippen LogP contribution in [0, 0.1) is 0 Å². The highest BCUT2D eigenvalue weighted by molar-refractivity contribution is 7.78. The molecule has 0 aliphatic rings. The summed E-state index contributed by atoms with van der Waals surface area (Å²) in [6.07, 6.45) is 0.511. The lowest BCUT2D eigenvalue weighted by Gasteiger charge is -2.09. The molecule has 1 heterocycles. The molecule has 0 aliphatic carbocycles. The van der Waals surface area contributed by atoms with Crippen LogP contribution in [0.25, 0.3) is 16.9 Å². The first-order valence-electron chi connectivity index (χ1n) is 7.77. The van der Waals surface area contributed by atoms with Gasteiger partial charge in [-0.2, -0.15) is 0 Å². The van der Waals surface area contributed by atoms with Crippen molar-refractivity contribution in [3.63, 3.8) is 0 Å². The van der Waals surface area contributed by atoms with Gasteiger partial charge >= 0.3 is 5.97 Å². The van der Waals surface area contributed by atoms with Gasteiger partial charge in [0.25, 0.3) is 0 Å². The predicted octanol–water partition coefficient (Wildman–Crippen LogP) is 2.18. The number of hydrogen-bond donors (Lipinski definition) is 2. The van der Waals surface area contributed by atoms with E-state index in [1.54, 1.807) is 47.1 Å². The fourth-order valence-corrected chi connectivity index (χ4v) is 3.03. The first kappa shape index (κ1) is 18.5. The molecule has 2 N–H and O–H groups in total. The predicted molar refractivity (Wildman–Crippen MR) is 98.3 cm³/mol.